The smallest absolute Gasteiger partial charge is 0.311 e. The van der Waals surface area contributed by atoms with Crippen LogP contribution in [0.3, 0.4) is 0 Å². The first kappa shape index (κ1) is 18.5. The molecule has 136 valence electrons. The highest BCUT2D eigenvalue weighted by atomic mass is 32.2. The highest BCUT2D eigenvalue weighted by molar-refractivity contribution is 8.00. The van der Waals surface area contributed by atoms with E-state index in [-0.39, 0.29) is 18.3 Å². The van der Waals surface area contributed by atoms with Gasteiger partial charge in [-0.25, -0.2) is 4.39 Å². The van der Waals surface area contributed by atoms with Gasteiger partial charge in [0, 0.05) is 18.0 Å². The van der Waals surface area contributed by atoms with E-state index in [1.807, 2.05) is 30.3 Å². The number of carboxylic acid groups (broad SMARTS) is 1. The maximum atomic E-state index is 14.1. The third-order valence-electron chi connectivity index (χ3n) is 4.71. The van der Waals surface area contributed by atoms with Crippen LogP contribution in [0, 0.1) is 11.2 Å². The molecule has 2 atom stereocenters. The van der Waals surface area contributed by atoms with Crippen molar-refractivity contribution in [2.24, 2.45) is 5.41 Å². The molecular formula is C20H20FNO3S. The Labute approximate surface area is 156 Å². The topological polar surface area (TPSA) is 57.6 Å². The van der Waals surface area contributed by atoms with Crippen LogP contribution in [0.4, 0.5) is 4.39 Å². The molecule has 1 saturated heterocycles. The van der Waals surface area contributed by atoms with Gasteiger partial charge in [-0.15, -0.1) is 11.8 Å². The van der Waals surface area contributed by atoms with Crippen molar-refractivity contribution < 1.29 is 19.1 Å². The molecular weight excluding hydrogens is 353 g/mol. The maximum Gasteiger partial charge on any atom is 0.311 e. The van der Waals surface area contributed by atoms with E-state index in [0.29, 0.717) is 17.9 Å². The number of nitrogens with zero attached hydrogens (tertiary/aromatic N) is 1. The number of likely N-dealkylation sites (tertiary alicyclic amines) is 1. The molecule has 1 fully saturated rings. The lowest BCUT2D eigenvalue weighted by Gasteiger charge is -2.25. The van der Waals surface area contributed by atoms with Crippen LogP contribution in [0.15, 0.2) is 59.5 Å². The van der Waals surface area contributed by atoms with Crippen LogP contribution in [0.1, 0.15) is 24.2 Å². The van der Waals surface area contributed by atoms with E-state index in [0.717, 1.165) is 17.3 Å². The first-order valence-corrected chi connectivity index (χ1v) is 9.27. The van der Waals surface area contributed by atoms with Gasteiger partial charge in [0.2, 0.25) is 5.91 Å². The largest absolute Gasteiger partial charge is 0.481 e. The lowest BCUT2D eigenvalue weighted by atomic mass is 9.90. The minimum absolute atomic E-state index is 0.169. The standard InChI is InChI=1S/C20H20FNO3S/c1-20(19(24)25)11-12-22(13-20)18(23)17(14-7-3-2-4-8-14)26-16-10-6-5-9-15(16)21/h2-10,17H,11-13H2,1H3,(H,24,25). The highest BCUT2D eigenvalue weighted by Gasteiger charge is 2.43. The SMILES string of the molecule is CC1(C(=O)O)CCN(C(=O)C(Sc2ccccc2F)c2ccccc2)C1. The molecule has 1 amide bonds. The molecule has 0 aromatic heterocycles. The summed E-state index contributed by atoms with van der Waals surface area (Å²) in [6, 6.07) is 15.6. The van der Waals surface area contributed by atoms with Gasteiger partial charge >= 0.3 is 5.97 Å². The summed E-state index contributed by atoms with van der Waals surface area (Å²) >= 11 is 1.16. The fourth-order valence-corrected chi connectivity index (χ4v) is 4.18. The number of hydrogen-bond acceptors (Lipinski definition) is 3. The minimum atomic E-state index is -0.931. The molecule has 1 aliphatic heterocycles. The number of thioether (sulfide) groups is 1. The zero-order valence-electron chi connectivity index (χ0n) is 14.4. The monoisotopic (exact) mass is 373 g/mol. The van der Waals surface area contributed by atoms with Crippen molar-refractivity contribution in [1.82, 2.24) is 4.90 Å². The van der Waals surface area contributed by atoms with Gasteiger partial charge in [0.1, 0.15) is 11.1 Å². The Morgan fingerprint density at radius 1 is 1.15 bits per heavy atom. The molecule has 0 bridgehead atoms. The summed E-state index contributed by atoms with van der Waals surface area (Å²) in [5.74, 6) is -1.46. The number of rotatable bonds is 5. The van der Waals surface area contributed by atoms with Crippen LogP contribution < -0.4 is 0 Å². The summed E-state index contributed by atoms with van der Waals surface area (Å²) < 4.78 is 14.1. The Morgan fingerprint density at radius 2 is 1.81 bits per heavy atom. The molecule has 0 radical (unpaired) electrons. The first-order valence-electron chi connectivity index (χ1n) is 8.39. The van der Waals surface area contributed by atoms with Crippen LogP contribution in [0.2, 0.25) is 0 Å². The zero-order valence-corrected chi connectivity index (χ0v) is 15.2. The quantitative estimate of drug-likeness (QED) is 0.806. The van der Waals surface area contributed by atoms with Gasteiger partial charge in [0.25, 0.3) is 0 Å². The van der Waals surface area contributed by atoms with E-state index < -0.39 is 16.6 Å². The second-order valence-corrected chi connectivity index (χ2v) is 7.86. The fourth-order valence-electron chi connectivity index (χ4n) is 3.05. The van der Waals surface area contributed by atoms with E-state index in [4.69, 9.17) is 0 Å². The number of carboxylic acids is 1. The number of carbonyl (C=O) groups is 2. The van der Waals surface area contributed by atoms with Gasteiger partial charge in [-0.1, -0.05) is 42.5 Å². The molecule has 2 aromatic rings. The summed E-state index contributed by atoms with van der Waals surface area (Å²) in [5.41, 5.74) is -0.158. The van der Waals surface area contributed by atoms with Crippen molar-refractivity contribution in [1.29, 1.82) is 0 Å². The predicted octanol–water partition coefficient (Wildman–Crippen LogP) is 3.98. The third-order valence-corrected chi connectivity index (χ3v) is 6.00. The van der Waals surface area contributed by atoms with Gasteiger partial charge in [0.15, 0.2) is 0 Å². The second-order valence-electron chi connectivity index (χ2n) is 6.71. The molecule has 4 nitrogen and oxygen atoms in total. The average molecular weight is 373 g/mol. The Hall–Kier alpha value is -2.34. The van der Waals surface area contributed by atoms with E-state index in [1.165, 1.54) is 6.07 Å². The van der Waals surface area contributed by atoms with Gasteiger partial charge in [-0.2, -0.15) is 0 Å². The van der Waals surface area contributed by atoms with Crippen LogP contribution in [-0.2, 0) is 9.59 Å². The second kappa shape index (κ2) is 7.50. The van der Waals surface area contributed by atoms with Gasteiger partial charge < -0.3 is 10.0 Å². The molecule has 2 aromatic carbocycles. The molecule has 1 aliphatic rings. The van der Waals surface area contributed by atoms with Crippen LogP contribution in [0.25, 0.3) is 0 Å². The van der Waals surface area contributed by atoms with E-state index in [1.54, 1.807) is 30.0 Å². The van der Waals surface area contributed by atoms with E-state index in [9.17, 15) is 19.1 Å². The van der Waals surface area contributed by atoms with Crippen molar-refractivity contribution in [2.45, 2.75) is 23.5 Å². The molecule has 2 unspecified atom stereocenters. The molecule has 1 N–H and O–H groups in total. The normalized spacial score (nSPS) is 20.8. The summed E-state index contributed by atoms with van der Waals surface area (Å²) in [4.78, 5) is 26.6. The predicted molar refractivity (Wildman–Crippen MR) is 98.4 cm³/mol. The fraction of sp³-hybridized carbons (Fsp3) is 0.300. The third kappa shape index (κ3) is 3.75. The van der Waals surface area contributed by atoms with Crippen molar-refractivity contribution in [3.05, 3.63) is 66.0 Å². The number of aliphatic carboxylic acids is 1. The van der Waals surface area contributed by atoms with Gasteiger partial charge in [-0.3, -0.25) is 9.59 Å². The Balaban J connectivity index is 1.88. The number of benzene rings is 2. The van der Waals surface area contributed by atoms with Crippen molar-refractivity contribution in [3.8, 4) is 0 Å². The van der Waals surface area contributed by atoms with Crippen molar-refractivity contribution in [3.63, 3.8) is 0 Å². The summed E-state index contributed by atoms with van der Waals surface area (Å²) in [7, 11) is 0. The summed E-state index contributed by atoms with van der Waals surface area (Å²) in [6.45, 7) is 2.22. The number of carbonyl (C=O) groups excluding carboxylic acids is 1. The maximum absolute atomic E-state index is 14.1. The zero-order chi connectivity index (χ0) is 18.7. The Kier molecular flexibility index (Phi) is 5.32. The van der Waals surface area contributed by atoms with E-state index in [2.05, 4.69) is 0 Å². The van der Waals surface area contributed by atoms with Crippen LogP contribution in [0.5, 0.6) is 0 Å². The highest BCUT2D eigenvalue weighted by Crippen LogP contribution is 2.40. The molecule has 3 rings (SSSR count). The number of hydrogen-bond donors (Lipinski definition) is 1. The molecule has 0 spiro atoms. The molecule has 0 saturated carbocycles. The van der Waals surface area contributed by atoms with Crippen LogP contribution in [-0.4, -0.2) is 35.0 Å². The number of halogens is 1. The lowest BCUT2D eigenvalue weighted by molar-refractivity contribution is -0.147. The summed E-state index contributed by atoms with van der Waals surface area (Å²) in [5, 5.41) is 8.79. The molecule has 6 heteroatoms. The van der Waals surface area contributed by atoms with Gasteiger partial charge in [0.05, 0.1) is 5.41 Å². The minimum Gasteiger partial charge on any atom is -0.481 e. The Bertz CT molecular complexity index is 814. The first-order chi connectivity index (χ1) is 12.4. The summed E-state index contributed by atoms with van der Waals surface area (Å²) in [6.07, 6.45) is 0.417. The van der Waals surface area contributed by atoms with E-state index >= 15 is 0 Å². The average Bonchev–Trinajstić information content (AvgIpc) is 3.05. The molecule has 26 heavy (non-hydrogen) atoms. The molecule has 0 aliphatic carbocycles. The lowest BCUT2D eigenvalue weighted by Crippen LogP contribution is -2.36. The van der Waals surface area contributed by atoms with Crippen molar-refractivity contribution in [2.75, 3.05) is 13.1 Å². The number of amides is 1. The van der Waals surface area contributed by atoms with Crippen LogP contribution >= 0.6 is 11.8 Å². The molecule has 1 heterocycles. The van der Waals surface area contributed by atoms with Crippen molar-refractivity contribution >= 4 is 23.6 Å². The Morgan fingerprint density at radius 3 is 2.42 bits per heavy atom. The van der Waals surface area contributed by atoms with Gasteiger partial charge in [-0.05, 0) is 31.0 Å².